The maximum atomic E-state index is 13.5. The summed E-state index contributed by atoms with van der Waals surface area (Å²) in [6.45, 7) is 0.483. The monoisotopic (exact) mass is 593 g/mol. The van der Waals surface area contributed by atoms with Gasteiger partial charge in [0.15, 0.2) is 11.6 Å². The van der Waals surface area contributed by atoms with Gasteiger partial charge in [0.25, 0.3) is 0 Å². The van der Waals surface area contributed by atoms with Crippen LogP contribution in [0.15, 0.2) is 54.6 Å². The molecule has 0 saturated carbocycles. The van der Waals surface area contributed by atoms with Crippen LogP contribution in [-0.2, 0) is 29.5 Å². The number of alkyl halides is 3. The second-order valence-corrected chi connectivity index (χ2v) is 11.5. The van der Waals surface area contributed by atoms with Gasteiger partial charge in [-0.15, -0.1) is 11.3 Å². The molecular weight excluding hydrogens is 574 g/mol. The van der Waals surface area contributed by atoms with Crippen molar-refractivity contribution in [3.63, 3.8) is 0 Å². The van der Waals surface area contributed by atoms with Gasteiger partial charge in [-0.3, -0.25) is 4.72 Å². The van der Waals surface area contributed by atoms with Crippen molar-refractivity contribution in [2.75, 3.05) is 11.3 Å². The number of anilines is 1. The Labute approximate surface area is 246 Å². The van der Waals surface area contributed by atoms with Gasteiger partial charge in [-0.25, -0.2) is 13.8 Å². The van der Waals surface area contributed by atoms with E-state index < -0.39 is 27.2 Å². The summed E-state index contributed by atoms with van der Waals surface area (Å²) in [5, 5.41) is 0.554. The van der Waals surface area contributed by atoms with Gasteiger partial charge < -0.3 is 9.47 Å². The van der Waals surface area contributed by atoms with Crippen molar-refractivity contribution >= 4 is 66.8 Å². The van der Waals surface area contributed by atoms with Crippen LogP contribution in [0.1, 0.15) is 16.1 Å². The molecule has 3 aromatic carbocycles. The molecule has 1 unspecified atom stereocenters. The van der Waals surface area contributed by atoms with Crippen LogP contribution in [0.3, 0.4) is 0 Å². The van der Waals surface area contributed by atoms with Crippen molar-refractivity contribution < 1.29 is 39.8 Å². The van der Waals surface area contributed by atoms with Crippen LogP contribution in [0, 0.1) is 17.6 Å². The topological polar surface area (TPSA) is 77.5 Å². The average Bonchev–Trinajstić information content (AvgIpc) is 3.23. The summed E-state index contributed by atoms with van der Waals surface area (Å²) in [4.78, 5) is 4.28. The zero-order valence-electron chi connectivity index (χ0n) is 20.4. The van der Waals surface area contributed by atoms with Gasteiger partial charge in [0.2, 0.25) is 0 Å². The molecule has 1 aliphatic rings. The standard InChI is InChI=1S/C25H19F5N2O4S2.Na/c26-19-10-21-23(11-20(19)27)37-24(31-21)13-35-18-4-5-22-16(9-18)7-15(12-36-22)6-14-2-1-3-17(8-14)32-38(33,34)25(28,29)30;/h1-5,8-11,15,32H,6-7,12-13H2;. The van der Waals surface area contributed by atoms with E-state index >= 15 is 0 Å². The normalized spacial score (nSPS) is 15.3. The van der Waals surface area contributed by atoms with E-state index in [1.165, 1.54) is 29.5 Å². The van der Waals surface area contributed by atoms with Crippen LogP contribution in [0.25, 0.3) is 10.2 Å². The van der Waals surface area contributed by atoms with Gasteiger partial charge in [-0.05, 0) is 60.4 Å². The number of sulfonamides is 1. The molecule has 201 valence electrons. The van der Waals surface area contributed by atoms with Crippen LogP contribution < -0.4 is 14.2 Å². The SMILES string of the molecule is O=S(=O)(Nc1cccc(CC2COc3ccc(OCc4nc5cc(F)c(F)cc5s4)cc3C2)c1)C(F)(F)F.[Na]. The van der Waals surface area contributed by atoms with E-state index in [1.807, 2.05) is 6.07 Å². The van der Waals surface area contributed by atoms with Crippen LogP contribution >= 0.6 is 11.3 Å². The smallest absolute Gasteiger partial charge is 0.493 e. The van der Waals surface area contributed by atoms with Crippen molar-refractivity contribution in [2.24, 2.45) is 5.92 Å². The predicted octanol–water partition coefficient (Wildman–Crippen LogP) is 5.83. The fourth-order valence-corrected chi connectivity index (χ4v) is 5.58. The van der Waals surface area contributed by atoms with Gasteiger partial charge in [-0.2, -0.15) is 21.6 Å². The maximum absolute atomic E-state index is 13.5. The molecule has 14 heteroatoms. The summed E-state index contributed by atoms with van der Waals surface area (Å²) < 4.78 is 102. The molecule has 1 atom stereocenters. The summed E-state index contributed by atoms with van der Waals surface area (Å²) in [6.07, 6.45) is 1.05. The van der Waals surface area contributed by atoms with Gasteiger partial charge in [0, 0.05) is 47.2 Å². The molecular formula is C25H19F5N2NaO4S2. The molecule has 0 bridgehead atoms. The second kappa shape index (κ2) is 11.6. The van der Waals surface area contributed by atoms with E-state index in [0.29, 0.717) is 51.7 Å². The van der Waals surface area contributed by atoms with Crippen molar-refractivity contribution in [1.82, 2.24) is 4.98 Å². The van der Waals surface area contributed by atoms with E-state index in [1.54, 1.807) is 22.9 Å². The van der Waals surface area contributed by atoms with E-state index in [9.17, 15) is 30.4 Å². The molecule has 4 aromatic rings. The number of halogens is 5. The van der Waals surface area contributed by atoms with E-state index in [2.05, 4.69) is 4.98 Å². The molecule has 2 heterocycles. The first-order valence-electron chi connectivity index (χ1n) is 11.3. The Balaban J connectivity index is 0.00000353. The Morgan fingerprint density at radius 2 is 1.85 bits per heavy atom. The van der Waals surface area contributed by atoms with Gasteiger partial charge >= 0.3 is 15.5 Å². The second-order valence-electron chi connectivity index (χ2n) is 8.74. The maximum Gasteiger partial charge on any atom is 0.516 e. The Bertz CT molecular complexity index is 1570. The molecule has 1 radical (unpaired) electrons. The summed E-state index contributed by atoms with van der Waals surface area (Å²) >= 11 is 1.20. The zero-order chi connectivity index (χ0) is 27.1. The number of nitrogens with zero attached hydrogens (tertiary/aromatic N) is 1. The molecule has 0 amide bonds. The predicted molar refractivity (Wildman–Crippen MR) is 137 cm³/mol. The number of aromatic nitrogens is 1. The number of hydrogen-bond acceptors (Lipinski definition) is 6. The number of fused-ring (bicyclic) bond motifs is 2. The van der Waals surface area contributed by atoms with Crippen molar-refractivity contribution in [2.45, 2.75) is 25.0 Å². The zero-order valence-corrected chi connectivity index (χ0v) is 24.0. The van der Waals surface area contributed by atoms with Gasteiger partial charge in [0.1, 0.15) is 23.1 Å². The number of nitrogens with one attached hydrogen (secondary N) is 1. The molecule has 6 nitrogen and oxygen atoms in total. The first kappa shape index (κ1) is 29.5. The molecule has 0 saturated heterocycles. The quantitative estimate of drug-likeness (QED) is 0.216. The molecule has 1 N–H and O–H groups in total. The third-order valence-electron chi connectivity index (χ3n) is 5.86. The Morgan fingerprint density at radius 1 is 1.08 bits per heavy atom. The van der Waals surface area contributed by atoms with Gasteiger partial charge in [0.05, 0.1) is 16.8 Å². The summed E-state index contributed by atoms with van der Waals surface area (Å²) in [6, 6.07) is 13.3. The minimum atomic E-state index is -5.51. The van der Waals surface area contributed by atoms with Crippen molar-refractivity contribution in [1.29, 1.82) is 0 Å². The van der Waals surface area contributed by atoms with E-state index in [4.69, 9.17) is 9.47 Å². The first-order valence-corrected chi connectivity index (χ1v) is 13.6. The molecule has 0 aliphatic carbocycles. The average molecular weight is 594 g/mol. The molecule has 39 heavy (non-hydrogen) atoms. The Hall–Kier alpha value is -2.45. The number of thiazole rings is 1. The first-order chi connectivity index (χ1) is 18.0. The van der Waals surface area contributed by atoms with E-state index in [0.717, 1.165) is 17.7 Å². The minimum Gasteiger partial charge on any atom is -0.493 e. The molecule has 0 fully saturated rings. The van der Waals surface area contributed by atoms with Gasteiger partial charge in [-0.1, -0.05) is 12.1 Å². The molecule has 5 rings (SSSR count). The third-order valence-corrected chi connectivity index (χ3v) is 7.97. The van der Waals surface area contributed by atoms with Crippen LogP contribution in [-0.4, -0.2) is 55.1 Å². The fraction of sp³-hybridized carbons (Fsp3) is 0.240. The molecule has 1 aliphatic heterocycles. The number of benzene rings is 3. The minimum absolute atomic E-state index is 0. The number of hydrogen-bond donors (Lipinski definition) is 1. The molecule has 1 aromatic heterocycles. The van der Waals surface area contributed by atoms with Crippen molar-refractivity contribution in [3.05, 3.63) is 82.4 Å². The Kier molecular flexibility index (Phi) is 8.76. The van der Waals surface area contributed by atoms with Crippen LogP contribution in [0.4, 0.5) is 27.6 Å². The molecule has 0 spiro atoms. The summed E-state index contributed by atoms with van der Waals surface area (Å²) in [5.41, 5.74) is -3.70. The van der Waals surface area contributed by atoms with E-state index in [-0.39, 0.29) is 47.8 Å². The summed E-state index contributed by atoms with van der Waals surface area (Å²) in [5.74, 6) is -0.679. The van der Waals surface area contributed by atoms with Crippen LogP contribution in [0.2, 0.25) is 0 Å². The fourth-order valence-electron chi connectivity index (χ4n) is 4.14. The third kappa shape index (κ3) is 6.83. The number of ether oxygens (including phenoxy) is 2. The van der Waals surface area contributed by atoms with Crippen LogP contribution in [0.5, 0.6) is 11.5 Å². The largest absolute Gasteiger partial charge is 0.516 e. The summed E-state index contributed by atoms with van der Waals surface area (Å²) in [7, 11) is -5.51. The Morgan fingerprint density at radius 3 is 2.62 bits per heavy atom. The van der Waals surface area contributed by atoms with Crippen molar-refractivity contribution in [3.8, 4) is 11.5 Å². The number of rotatable bonds is 7.